The molecule has 0 aliphatic carbocycles. The largest absolute Gasteiger partial charge is 0.348 e. The van der Waals surface area contributed by atoms with Crippen LogP contribution >= 0.6 is 15.9 Å². The number of likely N-dealkylation sites (N-methyl/N-ethyl adjacent to an activating group) is 1. The van der Waals surface area contributed by atoms with Crippen LogP contribution in [-0.4, -0.2) is 24.4 Å². The second-order valence-corrected chi connectivity index (χ2v) is 6.52. The molecule has 3 nitrogen and oxygen atoms in total. The minimum atomic E-state index is -0.247. The molecule has 23 heavy (non-hydrogen) atoms. The molecule has 1 atom stereocenters. The molecule has 0 bridgehead atoms. The number of benzene rings is 2. The average Bonchev–Trinajstić information content (AvgIpc) is 2.50. The van der Waals surface area contributed by atoms with Gasteiger partial charge in [-0.3, -0.25) is 9.69 Å². The molecule has 0 aliphatic rings. The molecular weight excluding hydrogens is 359 g/mol. The van der Waals surface area contributed by atoms with Crippen LogP contribution in [0, 0.1) is 5.82 Å². The summed E-state index contributed by atoms with van der Waals surface area (Å²) in [6.07, 6.45) is 0. The molecule has 0 aliphatic heterocycles. The highest BCUT2D eigenvalue weighted by Crippen LogP contribution is 2.16. The summed E-state index contributed by atoms with van der Waals surface area (Å²) >= 11 is 3.39. The van der Waals surface area contributed by atoms with Crippen molar-refractivity contribution in [3.8, 4) is 0 Å². The van der Waals surface area contributed by atoms with E-state index in [4.69, 9.17) is 0 Å². The number of carbonyl (C=O) groups is 1. The third-order valence-electron chi connectivity index (χ3n) is 3.56. The summed E-state index contributed by atoms with van der Waals surface area (Å²) in [6.45, 7) is 2.56. The summed E-state index contributed by atoms with van der Waals surface area (Å²) < 4.78 is 14.6. The van der Waals surface area contributed by atoms with Crippen molar-refractivity contribution < 1.29 is 9.18 Å². The van der Waals surface area contributed by atoms with E-state index in [2.05, 4.69) is 21.2 Å². The fraction of sp³-hybridized carbons (Fsp3) is 0.278. The van der Waals surface area contributed by atoms with Gasteiger partial charge < -0.3 is 5.32 Å². The highest BCUT2D eigenvalue weighted by Gasteiger charge is 2.13. The van der Waals surface area contributed by atoms with Crippen molar-refractivity contribution in [2.75, 3.05) is 13.6 Å². The van der Waals surface area contributed by atoms with Crippen LogP contribution < -0.4 is 5.32 Å². The number of carbonyl (C=O) groups excluding carboxylic acids is 1. The van der Waals surface area contributed by atoms with Crippen LogP contribution in [0.3, 0.4) is 0 Å². The van der Waals surface area contributed by atoms with Gasteiger partial charge in [0, 0.05) is 16.6 Å². The molecule has 1 N–H and O–H groups in total. The summed E-state index contributed by atoms with van der Waals surface area (Å²) in [7, 11) is 1.80. The Balaban J connectivity index is 1.86. The molecule has 0 heterocycles. The van der Waals surface area contributed by atoms with Crippen LogP contribution in [0.25, 0.3) is 0 Å². The number of halogens is 2. The van der Waals surface area contributed by atoms with Gasteiger partial charge in [0.05, 0.1) is 12.6 Å². The first-order chi connectivity index (χ1) is 11.0. The SMILES string of the molecule is CC(NC(=O)CN(C)Cc1ccccc1F)c1ccc(Br)cc1. The number of nitrogens with zero attached hydrogens (tertiary/aromatic N) is 1. The fourth-order valence-electron chi connectivity index (χ4n) is 2.34. The minimum absolute atomic E-state index is 0.0718. The Morgan fingerprint density at radius 2 is 1.87 bits per heavy atom. The molecule has 0 fully saturated rings. The van der Waals surface area contributed by atoms with Gasteiger partial charge in [-0.1, -0.05) is 46.3 Å². The van der Waals surface area contributed by atoms with Crippen LogP contribution in [0.4, 0.5) is 4.39 Å². The maximum absolute atomic E-state index is 13.6. The van der Waals surface area contributed by atoms with Gasteiger partial charge in [-0.25, -0.2) is 4.39 Å². The Morgan fingerprint density at radius 1 is 1.22 bits per heavy atom. The predicted molar refractivity (Wildman–Crippen MR) is 93.4 cm³/mol. The average molecular weight is 379 g/mol. The summed E-state index contributed by atoms with van der Waals surface area (Å²) in [5.41, 5.74) is 1.63. The number of hydrogen-bond acceptors (Lipinski definition) is 2. The van der Waals surface area contributed by atoms with Crippen molar-refractivity contribution in [2.45, 2.75) is 19.5 Å². The van der Waals surface area contributed by atoms with Gasteiger partial charge >= 0.3 is 0 Å². The van der Waals surface area contributed by atoms with Crippen molar-refractivity contribution in [3.63, 3.8) is 0 Å². The molecule has 2 aromatic carbocycles. The molecule has 0 radical (unpaired) electrons. The van der Waals surface area contributed by atoms with Gasteiger partial charge in [0.15, 0.2) is 0 Å². The molecule has 0 aromatic heterocycles. The molecule has 1 unspecified atom stereocenters. The standard InChI is InChI=1S/C18H20BrFN2O/c1-13(14-7-9-16(19)10-8-14)21-18(23)12-22(2)11-15-5-3-4-6-17(15)20/h3-10,13H,11-12H2,1-2H3,(H,21,23). The molecule has 0 spiro atoms. The van der Waals surface area contributed by atoms with Crippen LogP contribution in [0.5, 0.6) is 0 Å². The Bertz CT molecular complexity index is 660. The number of rotatable bonds is 6. The molecule has 5 heteroatoms. The third-order valence-corrected chi connectivity index (χ3v) is 4.09. The lowest BCUT2D eigenvalue weighted by Crippen LogP contribution is -2.36. The van der Waals surface area contributed by atoms with E-state index in [1.54, 1.807) is 30.1 Å². The summed E-state index contributed by atoms with van der Waals surface area (Å²) in [6, 6.07) is 14.4. The zero-order valence-electron chi connectivity index (χ0n) is 13.2. The lowest BCUT2D eigenvalue weighted by atomic mass is 10.1. The van der Waals surface area contributed by atoms with Gasteiger partial charge in [0.1, 0.15) is 5.82 Å². The van der Waals surface area contributed by atoms with Gasteiger partial charge in [0.2, 0.25) is 5.91 Å². The van der Waals surface area contributed by atoms with E-state index < -0.39 is 0 Å². The smallest absolute Gasteiger partial charge is 0.234 e. The number of nitrogens with one attached hydrogen (secondary N) is 1. The van der Waals surface area contributed by atoms with Gasteiger partial charge in [0.25, 0.3) is 0 Å². The van der Waals surface area contributed by atoms with Crippen molar-refractivity contribution in [2.24, 2.45) is 0 Å². The molecule has 0 saturated heterocycles. The highest BCUT2D eigenvalue weighted by atomic mass is 79.9. The Morgan fingerprint density at radius 3 is 2.52 bits per heavy atom. The monoisotopic (exact) mass is 378 g/mol. The molecule has 1 amide bonds. The second kappa shape index (κ2) is 8.22. The number of hydrogen-bond donors (Lipinski definition) is 1. The predicted octanol–water partition coefficient (Wildman–Crippen LogP) is 3.90. The minimum Gasteiger partial charge on any atom is -0.348 e. The van der Waals surface area contributed by atoms with E-state index in [9.17, 15) is 9.18 Å². The molecule has 2 aromatic rings. The summed E-state index contributed by atoms with van der Waals surface area (Å²) in [4.78, 5) is 13.9. The van der Waals surface area contributed by atoms with Crippen LogP contribution in [-0.2, 0) is 11.3 Å². The quantitative estimate of drug-likeness (QED) is 0.826. The molecular formula is C18H20BrFN2O. The van der Waals surface area contributed by atoms with E-state index in [-0.39, 0.29) is 24.3 Å². The van der Waals surface area contributed by atoms with E-state index in [1.165, 1.54) is 6.07 Å². The Kier molecular flexibility index (Phi) is 6.30. The maximum Gasteiger partial charge on any atom is 0.234 e. The van der Waals surface area contributed by atoms with Crippen molar-refractivity contribution in [1.82, 2.24) is 10.2 Å². The Hall–Kier alpha value is -1.72. The first-order valence-corrected chi connectivity index (χ1v) is 8.22. The molecule has 2 rings (SSSR count). The van der Waals surface area contributed by atoms with Crippen molar-refractivity contribution >= 4 is 21.8 Å². The third kappa shape index (κ3) is 5.44. The van der Waals surface area contributed by atoms with Gasteiger partial charge in [-0.2, -0.15) is 0 Å². The topological polar surface area (TPSA) is 32.3 Å². The lowest BCUT2D eigenvalue weighted by Gasteiger charge is -2.19. The summed E-state index contributed by atoms with van der Waals surface area (Å²) in [5.74, 6) is -0.331. The van der Waals surface area contributed by atoms with Crippen LogP contribution in [0.2, 0.25) is 0 Å². The van der Waals surface area contributed by atoms with Crippen LogP contribution in [0.1, 0.15) is 24.1 Å². The molecule has 0 saturated carbocycles. The maximum atomic E-state index is 13.6. The Labute approximate surface area is 144 Å². The van der Waals surface area contributed by atoms with E-state index in [0.717, 1.165) is 10.0 Å². The molecule has 122 valence electrons. The van der Waals surface area contributed by atoms with E-state index in [0.29, 0.717) is 12.1 Å². The van der Waals surface area contributed by atoms with E-state index >= 15 is 0 Å². The second-order valence-electron chi connectivity index (χ2n) is 5.60. The normalized spacial score (nSPS) is 12.2. The lowest BCUT2D eigenvalue weighted by molar-refractivity contribution is -0.122. The zero-order valence-corrected chi connectivity index (χ0v) is 14.8. The zero-order chi connectivity index (χ0) is 16.8. The van der Waals surface area contributed by atoms with Gasteiger partial charge in [-0.15, -0.1) is 0 Å². The first kappa shape index (κ1) is 17.6. The number of amides is 1. The van der Waals surface area contributed by atoms with E-state index in [1.807, 2.05) is 31.2 Å². The van der Waals surface area contributed by atoms with Crippen LogP contribution in [0.15, 0.2) is 53.0 Å². The van der Waals surface area contributed by atoms with Crippen molar-refractivity contribution in [1.29, 1.82) is 0 Å². The van der Waals surface area contributed by atoms with Gasteiger partial charge in [-0.05, 0) is 37.7 Å². The first-order valence-electron chi connectivity index (χ1n) is 7.42. The summed E-state index contributed by atoms with van der Waals surface area (Å²) in [5, 5.41) is 2.96. The van der Waals surface area contributed by atoms with Crippen molar-refractivity contribution in [3.05, 3.63) is 69.9 Å². The highest BCUT2D eigenvalue weighted by molar-refractivity contribution is 9.10. The fourth-order valence-corrected chi connectivity index (χ4v) is 2.60.